The van der Waals surface area contributed by atoms with Crippen molar-refractivity contribution in [1.82, 2.24) is 4.98 Å². The second-order valence-electron chi connectivity index (χ2n) is 4.56. The fraction of sp³-hybridized carbons (Fsp3) is 0.0667. The van der Waals surface area contributed by atoms with Crippen LogP contribution in [0.2, 0.25) is 0 Å². The summed E-state index contributed by atoms with van der Waals surface area (Å²) in [7, 11) is 0. The minimum absolute atomic E-state index is 0.0177. The normalized spacial score (nSPS) is 11.8. The molecule has 0 bridgehead atoms. The maximum atomic E-state index is 12.9. The lowest BCUT2D eigenvalue weighted by atomic mass is 10.1. The van der Waals surface area contributed by atoms with E-state index >= 15 is 0 Å². The van der Waals surface area contributed by atoms with E-state index in [0.717, 1.165) is 12.3 Å². The molecule has 0 aliphatic rings. The second-order valence-corrected chi connectivity index (χ2v) is 4.56. The molecular formula is C15H8F3NO3. The molecule has 0 spiro atoms. The number of halogens is 3. The monoisotopic (exact) mass is 307 g/mol. The molecule has 0 saturated heterocycles. The van der Waals surface area contributed by atoms with E-state index in [1.807, 2.05) is 0 Å². The van der Waals surface area contributed by atoms with E-state index in [1.165, 1.54) is 30.3 Å². The molecule has 0 aliphatic heterocycles. The summed E-state index contributed by atoms with van der Waals surface area (Å²) in [5.74, 6) is -0.994. The summed E-state index contributed by atoms with van der Waals surface area (Å²) in [6, 6.07) is 7.61. The Hall–Kier alpha value is -2.83. The topological polar surface area (TPSA) is 63.3 Å². The Bertz CT molecular complexity index is 851. The Kier molecular flexibility index (Phi) is 3.13. The van der Waals surface area contributed by atoms with Gasteiger partial charge < -0.3 is 9.52 Å². The molecule has 0 unspecified atom stereocenters. The summed E-state index contributed by atoms with van der Waals surface area (Å²) in [5.41, 5.74) is -0.457. The third-order valence-electron chi connectivity index (χ3n) is 3.13. The van der Waals surface area contributed by atoms with E-state index in [2.05, 4.69) is 4.98 Å². The minimum atomic E-state index is -4.48. The highest BCUT2D eigenvalue weighted by molar-refractivity contribution is 5.88. The van der Waals surface area contributed by atoms with Crippen molar-refractivity contribution in [2.75, 3.05) is 0 Å². The first-order valence-electron chi connectivity index (χ1n) is 6.16. The number of benzene rings is 1. The van der Waals surface area contributed by atoms with Crippen LogP contribution in [0.3, 0.4) is 0 Å². The molecule has 7 heteroatoms. The summed E-state index contributed by atoms with van der Waals surface area (Å²) in [6.07, 6.45) is -3.36. The smallest absolute Gasteiger partial charge is 0.417 e. The van der Waals surface area contributed by atoms with Crippen LogP contribution >= 0.6 is 0 Å². The van der Waals surface area contributed by atoms with Crippen molar-refractivity contribution < 1.29 is 27.5 Å². The van der Waals surface area contributed by atoms with Crippen molar-refractivity contribution in [2.24, 2.45) is 0 Å². The molecule has 4 nitrogen and oxygen atoms in total. The van der Waals surface area contributed by atoms with Crippen LogP contribution < -0.4 is 0 Å². The molecule has 0 aliphatic carbocycles. The van der Waals surface area contributed by atoms with Gasteiger partial charge in [-0.15, -0.1) is 0 Å². The number of carboxylic acids is 1. The van der Waals surface area contributed by atoms with Gasteiger partial charge in [-0.2, -0.15) is 13.2 Å². The lowest BCUT2D eigenvalue weighted by molar-refractivity contribution is -0.136. The molecule has 0 amide bonds. The summed E-state index contributed by atoms with van der Waals surface area (Å²) < 4.78 is 44.2. The van der Waals surface area contributed by atoms with Gasteiger partial charge in [-0.3, -0.25) is 4.98 Å². The molecule has 3 rings (SSSR count). The van der Waals surface area contributed by atoms with Gasteiger partial charge in [0.1, 0.15) is 11.3 Å². The van der Waals surface area contributed by atoms with E-state index < -0.39 is 17.7 Å². The van der Waals surface area contributed by atoms with Crippen LogP contribution in [0.5, 0.6) is 0 Å². The predicted molar refractivity (Wildman–Crippen MR) is 71.4 cm³/mol. The molecule has 2 heterocycles. The fourth-order valence-electron chi connectivity index (χ4n) is 2.10. The molecule has 1 N–H and O–H groups in total. The van der Waals surface area contributed by atoms with Crippen LogP contribution in [-0.2, 0) is 6.18 Å². The van der Waals surface area contributed by atoms with Gasteiger partial charge in [-0.1, -0.05) is 6.07 Å². The Morgan fingerprint density at radius 3 is 2.55 bits per heavy atom. The van der Waals surface area contributed by atoms with Crippen molar-refractivity contribution in [3.05, 3.63) is 53.7 Å². The average Bonchev–Trinajstić information content (AvgIpc) is 2.90. The van der Waals surface area contributed by atoms with Crippen molar-refractivity contribution in [3.63, 3.8) is 0 Å². The highest BCUT2D eigenvalue weighted by Gasteiger charge is 2.33. The van der Waals surface area contributed by atoms with Gasteiger partial charge in [0, 0.05) is 11.6 Å². The van der Waals surface area contributed by atoms with Gasteiger partial charge >= 0.3 is 12.1 Å². The summed E-state index contributed by atoms with van der Waals surface area (Å²) in [6.45, 7) is 0. The quantitative estimate of drug-likeness (QED) is 0.770. The van der Waals surface area contributed by atoms with Crippen LogP contribution in [0.15, 0.2) is 47.0 Å². The summed E-state index contributed by atoms with van der Waals surface area (Å²) in [5, 5.41) is 8.74. The average molecular weight is 307 g/mol. The van der Waals surface area contributed by atoms with Gasteiger partial charge in [0.15, 0.2) is 5.76 Å². The molecule has 0 fully saturated rings. The molecule has 1 aromatic carbocycles. The number of furan rings is 1. The van der Waals surface area contributed by atoms with E-state index in [4.69, 9.17) is 9.52 Å². The van der Waals surface area contributed by atoms with Crippen LogP contribution in [-0.4, -0.2) is 16.1 Å². The Labute approximate surface area is 121 Å². The maximum absolute atomic E-state index is 12.9. The third kappa shape index (κ3) is 2.41. The summed E-state index contributed by atoms with van der Waals surface area (Å²) >= 11 is 0. The molecule has 22 heavy (non-hydrogen) atoms. The standard InChI is InChI=1S/C15H8F3NO3/c16-15(17,18)10-2-1-3-12-9(10)6-13(22-12)11-5-4-8(7-19-11)14(20)21/h1-7H,(H,20,21). The molecule has 3 aromatic rings. The zero-order chi connectivity index (χ0) is 15.9. The van der Waals surface area contributed by atoms with E-state index in [-0.39, 0.29) is 28.0 Å². The number of hydrogen-bond acceptors (Lipinski definition) is 3. The fourth-order valence-corrected chi connectivity index (χ4v) is 2.10. The number of fused-ring (bicyclic) bond motifs is 1. The molecular weight excluding hydrogens is 299 g/mol. The number of rotatable bonds is 2. The Morgan fingerprint density at radius 2 is 1.95 bits per heavy atom. The molecule has 0 atom stereocenters. The number of carbonyl (C=O) groups is 1. The largest absolute Gasteiger partial charge is 0.478 e. The Balaban J connectivity index is 2.11. The van der Waals surface area contributed by atoms with Crippen LogP contribution in [0.4, 0.5) is 13.2 Å². The number of hydrogen-bond donors (Lipinski definition) is 1. The number of carboxylic acid groups (broad SMARTS) is 1. The van der Waals surface area contributed by atoms with Gasteiger partial charge in [0.2, 0.25) is 0 Å². The molecule has 112 valence electrons. The van der Waals surface area contributed by atoms with Gasteiger partial charge in [-0.25, -0.2) is 4.79 Å². The maximum Gasteiger partial charge on any atom is 0.417 e. The first-order valence-corrected chi connectivity index (χ1v) is 6.16. The lowest BCUT2D eigenvalue weighted by Gasteiger charge is -2.06. The minimum Gasteiger partial charge on any atom is -0.478 e. The number of aromatic carboxylic acids is 1. The van der Waals surface area contributed by atoms with Crippen LogP contribution in [0.25, 0.3) is 22.4 Å². The zero-order valence-electron chi connectivity index (χ0n) is 10.9. The van der Waals surface area contributed by atoms with Gasteiger partial charge in [0.25, 0.3) is 0 Å². The number of aromatic nitrogens is 1. The van der Waals surface area contributed by atoms with Gasteiger partial charge in [-0.05, 0) is 30.3 Å². The number of nitrogens with zero attached hydrogens (tertiary/aromatic N) is 1. The molecule has 0 radical (unpaired) electrons. The first-order chi connectivity index (χ1) is 10.4. The predicted octanol–water partition coefficient (Wildman–Crippen LogP) is 4.21. The molecule has 0 saturated carbocycles. The third-order valence-corrected chi connectivity index (χ3v) is 3.13. The van der Waals surface area contributed by atoms with Gasteiger partial charge in [0.05, 0.1) is 11.1 Å². The van der Waals surface area contributed by atoms with Crippen LogP contribution in [0.1, 0.15) is 15.9 Å². The van der Waals surface area contributed by atoms with E-state index in [1.54, 1.807) is 0 Å². The SMILES string of the molecule is O=C(O)c1ccc(-c2cc3c(C(F)(F)F)cccc3o2)nc1. The number of pyridine rings is 1. The van der Waals surface area contributed by atoms with Crippen molar-refractivity contribution in [2.45, 2.75) is 6.18 Å². The van der Waals surface area contributed by atoms with Crippen molar-refractivity contribution in [3.8, 4) is 11.5 Å². The number of alkyl halides is 3. The second kappa shape index (κ2) is 4.87. The van der Waals surface area contributed by atoms with Crippen LogP contribution in [0, 0.1) is 0 Å². The highest BCUT2D eigenvalue weighted by atomic mass is 19.4. The lowest BCUT2D eigenvalue weighted by Crippen LogP contribution is -2.04. The van der Waals surface area contributed by atoms with Crippen molar-refractivity contribution >= 4 is 16.9 Å². The molecule has 2 aromatic heterocycles. The zero-order valence-corrected chi connectivity index (χ0v) is 10.9. The Morgan fingerprint density at radius 1 is 1.18 bits per heavy atom. The highest BCUT2D eigenvalue weighted by Crippen LogP contribution is 2.37. The van der Waals surface area contributed by atoms with E-state index in [9.17, 15) is 18.0 Å². The van der Waals surface area contributed by atoms with Crippen molar-refractivity contribution in [1.29, 1.82) is 0 Å². The first kappa shape index (κ1) is 14.1. The van der Waals surface area contributed by atoms with E-state index in [0.29, 0.717) is 0 Å². The summed E-state index contributed by atoms with van der Waals surface area (Å²) in [4.78, 5) is 14.7.